The van der Waals surface area contributed by atoms with Crippen molar-refractivity contribution in [3.63, 3.8) is 0 Å². The first-order valence-corrected chi connectivity index (χ1v) is 8.74. The van der Waals surface area contributed by atoms with E-state index in [1.165, 1.54) is 57.8 Å². The van der Waals surface area contributed by atoms with Gasteiger partial charge in [0.25, 0.3) is 0 Å². The van der Waals surface area contributed by atoms with Crippen LogP contribution < -0.4 is 0 Å². The van der Waals surface area contributed by atoms with Gasteiger partial charge >= 0.3 is 0 Å². The molecule has 19 heavy (non-hydrogen) atoms. The van der Waals surface area contributed by atoms with Gasteiger partial charge in [-0.25, -0.2) is 0 Å². The van der Waals surface area contributed by atoms with Crippen LogP contribution in [-0.4, -0.2) is 0 Å². The summed E-state index contributed by atoms with van der Waals surface area (Å²) in [7, 11) is 0. The van der Waals surface area contributed by atoms with E-state index in [1.807, 2.05) is 0 Å². The highest BCUT2D eigenvalue weighted by molar-refractivity contribution is 4.60. The van der Waals surface area contributed by atoms with Gasteiger partial charge in [0.2, 0.25) is 0 Å². The van der Waals surface area contributed by atoms with Crippen LogP contribution in [0.4, 0.5) is 0 Å². The van der Waals surface area contributed by atoms with E-state index >= 15 is 0 Å². The molecule has 0 fully saturated rings. The summed E-state index contributed by atoms with van der Waals surface area (Å²) in [5.74, 6) is 3.27. The maximum atomic E-state index is 7.33. The summed E-state index contributed by atoms with van der Waals surface area (Å²) in [5.41, 5.74) is 0. The first kappa shape index (κ1) is 17.1. The molecule has 3 unspecified atom stereocenters. The first-order valence-electron chi connectivity index (χ1n) is 9.45. The molecule has 0 spiro atoms. The molecule has 0 aliphatic rings. The average molecular weight is 270 g/mol. The highest BCUT2D eigenvalue weighted by Gasteiger charge is 2.06. The Kier molecular flexibility index (Phi) is 10.6. The van der Waals surface area contributed by atoms with E-state index in [-0.39, 0.29) is 0 Å². The van der Waals surface area contributed by atoms with E-state index in [0.29, 0.717) is 12.8 Å². The van der Waals surface area contributed by atoms with Crippen molar-refractivity contribution in [2.24, 2.45) is 23.7 Å². The minimum Gasteiger partial charge on any atom is -0.0628 e. The van der Waals surface area contributed by atoms with Gasteiger partial charge in [-0.1, -0.05) is 99.3 Å². The Balaban J connectivity index is 3.43. The van der Waals surface area contributed by atoms with E-state index in [2.05, 4.69) is 34.6 Å². The third kappa shape index (κ3) is 14.2. The molecule has 0 bridgehead atoms. The minimum atomic E-state index is 0.599. The summed E-state index contributed by atoms with van der Waals surface area (Å²) in [4.78, 5) is 0. The summed E-state index contributed by atoms with van der Waals surface area (Å²) in [6.45, 7) is 12.3. The van der Waals surface area contributed by atoms with Gasteiger partial charge in [-0.2, -0.15) is 0 Å². The predicted molar refractivity (Wildman–Crippen MR) is 89.6 cm³/mol. The molecule has 0 nitrogen and oxygen atoms in total. The molecule has 0 saturated heterocycles. The molecule has 0 rings (SSSR count). The second-order valence-corrected chi connectivity index (χ2v) is 7.50. The van der Waals surface area contributed by atoms with Crippen LogP contribution in [-0.2, 0) is 0 Å². The minimum absolute atomic E-state index is 0.599. The molecule has 116 valence electrons. The largest absolute Gasteiger partial charge is 0.0628 e. The highest BCUT2D eigenvalue weighted by Crippen LogP contribution is 2.21. The topological polar surface area (TPSA) is 0 Å². The van der Waals surface area contributed by atoms with Crippen molar-refractivity contribution >= 4 is 0 Å². The van der Waals surface area contributed by atoms with Crippen molar-refractivity contribution in [1.82, 2.24) is 0 Å². The standard InChI is InChI=1S/C19H40/c1-16(2)10-7-12-18(5)14-9-15-19(6)13-8-11-17(3)4/h16-19H,7-15H2,1-6H3/i1D. The second kappa shape index (κ2) is 11.8. The van der Waals surface area contributed by atoms with Crippen LogP contribution >= 0.6 is 0 Å². The Bertz CT molecular complexity index is 200. The van der Waals surface area contributed by atoms with Gasteiger partial charge in [-0.15, -0.1) is 0 Å². The maximum Gasteiger partial charge on any atom is 0.0233 e. The van der Waals surface area contributed by atoms with Crippen molar-refractivity contribution < 1.29 is 1.37 Å². The molecule has 0 aromatic heterocycles. The molecule has 0 amide bonds. The maximum absolute atomic E-state index is 7.33. The molecular formula is C19H40. The van der Waals surface area contributed by atoms with Crippen molar-refractivity contribution in [2.75, 3.05) is 0 Å². The lowest BCUT2D eigenvalue weighted by Crippen LogP contribution is -2.00. The molecule has 0 heteroatoms. The molecule has 0 saturated carbocycles. The van der Waals surface area contributed by atoms with Gasteiger partial charge in [0.1, 0.15) is 0 Å². The molecule has 0 aliphatic carbocycles. The van der Waals surface area contributed by atoms with Crippen LogP contribution in [0.3, 0.4) is 0 Å². The van der Waals surface area contributed by atoms with Crippen molar-refractivity contribution in [3.05, 3.63) is 0 Å². The third-order valence-corrected chi connectivity index (χ3v) is 4.27. The molecule has 0 aliphatic heterocycles. The van der Waals surface area contributed by atoms with Gasteiger partial charge in [-0.05, 0) is 23.7 Å². The van der Waals surface area contributed by atoms with E-state index < -0.39 is 0 Å². The number of hydrogen-bond donors (Lipinski definition) is 0. The van der Waals surface area contributed by atoms with E-state index in [1.54, 1.807) is 0 Å². The Morgan fingerprint density at radius 2 is 0.947 bits per heavy atom. The van der Waals surface area contributed by atoms with Gasteiger partial charge in [0.05, 0.1) is 0 Å². The van der Waals surface area contributed by atoms with Crippen LogP contribution in [0.2, 0.25) is 0 Å². The quantitative estimate of drug-likeness (QED) is 0.355. The Hall–Kier alpha value is 0. The lowest BCUT2D eigenvalue weighted by Gasteiger charge is -2.15. The summed E-state index contributed by atoms with van der Waals surface area (Å²) >= 11 is 0. The van der Waals surface area contributed by atoms with Crippen LogP contribution in [0.5, 0.6) is 0 Å². The van der Waals surface area contributed by atoms with Gasteiger partial charge < -0.3 is 0 Å². The van der Waals surface area contributed by atoms with Crippen molar-refractivity contribution in [1.29, 1.82) is 0 Å². The lowest BCUT2D eigenvalue weighted by molar-refractivity contribution is 0.381. The molecule has 0 aromatic rings. The number of hydrogen-bond acceptors (Lipinski definition) is 0. The van der Waals surface area contributed by atoms with Gasteiger partial charge in [0, 0.05) is 1.37 Å². The Morgan fingerprint density at radius 3 is 1.32 bits per heavy atom. The third-order valence-electron chi connectivity index (χ3n) is 4.27. The van der Waals surface area contributed by atoms with E-state index in [4.69, 9.17) is 1.37 Å². The Labute approximate surface area is 125 Å². The van der Waals surface area contributed by atoms with Crippen molar-refractivity contribution in [2.45, 2.75) is 99.3 Å². The SMILES string of the molecule is [2H]CC(C)CCCC(C)CCCC(C)CCCC(C)C. The van der Waals surface area contributed by atoms with E-state index in [0.717, 1.165) is 17.8 Å². The molecule has 0 N–H and O–H groups in total. The van der Waals surface area contributed by atoms with E-state index in [9.17, 15) is 0 Å². The van der Waals surface area contributed by atoms with Crippen LogP contribution in [0, 0.1) is 23.7 Å². The molecule has 3 atom stereocenters. The summed E-state index contributed by atoms with van der Waals surface area (Å²) in [6.07, 6.45) is 12.4. The fourth-order valence-corrected chi connectivity index (χ4v) is 2.79. The van der Waals surface area contributed by atoms with Crippen LogP contribution in [0.1, 0.15) is 101 Å². The first-order chi connectivity index (χ1) is 9.45. The zero-order valence-electron chi connectivity index (χ0n) is 15.4. The van der Waals surface area contributed by atoms with Gasteiger partial charge in [-0.3, -0.25) is 0 Å². The highest BCUT2D eigenvalue weighted by atomic mass is 14.1. The molecule has 0 radical (unpaired) electrons. The fourth-order valence-electron chi connectivity index (χ4n) is 2.79. The van der Waals surface area contributed by atoms with Crippen LogP contribution in [0.15, 0.2) is 0 Å². The smallest absolute Gasteiger partial charge is 0.0233 e. The fraction of sp³-hybridized carbons (Fsp3) is 1.00. The normalized spacial score (nSPS) is 17.3. The second-order valence-electron chi connectivity index (χ2n) is 7.50. The van der Waals surface area contributed by atoms with Crippen molar-refractivity contribution in [3.8, 4) is 0 Å². The lowest BCUT2D eigenvalue weighted by atomic mass is 9.91. The zero-order chi connectivity index (χ0) is 15.4. The summed E-state index contributed by atoms with van der Waals surface area (Å²) in [5, 5.41) is 0. The molecule has 0 heterocycles. The molecular weight excluding hydrogens is 228 g/mol. The van der Waals surface area contributed by atoms with Gasteiger partial charge in [0.15, 0.2) is 0 Å². The Morgan fingerprint density at radius 1 is 0.579 bits per heavy atom. The monoisotopic (exact) mass is 269 g/mol. The average Bonchev–Trinajstić information content (AvgIpc) is 2.38. The summed E-state index contributed by atoms with van der Waals surface area (Å²) < 4.78 is 7.33. The molecule has 0 aromatic carbocycles. The number of rotatable bonds is 12. The predicted octanol–water partition coefficient (Wildman–Crippen LogP) is 7.08. The summed E-state index contributed by atoms with van der Waals surface area (Å²) in [6, 6.07) is 0. The zero-order valence-corrected chi connectivity index (χ0v) is 14.4. The van der Waals surface area contributed by atoms with Crippen LogP contribution in [0.25, 0.3) is 0 Å².